The summed E-state index contributed by atoms with van der Waals surface area (Å²) >= 11 is 0. The van der Waals surface area contributed by atoms with Crippen LogP contribution in [0.2, 0.25) is 0 Å². The van der Waals surface area contributed by atoms with E-state index in [1.165, 1.54) is 6.92 Å². The Kier molecular flexibility index (Phi) is 11.1. The molecule has 28 heavy (non-hydrogen) atoms. The first-order valence-electron chi connectivity index (χ1n) is 10.1. The minimum Gasteiger partial charge on any atom is -0.389 e. The number of hydrogen-bond acceptors (Lipinski definition) is 4. The van der Waals surface area contributed by atoms with E-state index >= 15 is 0 Å². The minimum atomic E-state index is -0.547. The van der Waals surface area contributed by atoms with Crippen LogP contribution in [-0.2, 0) is 14.4 Å². The van der Waals surface area contributed by atoms with Gasteiger partial charge in [-0.25, -0.2) is 0 Å². The average Bonchev–Trinajstić information content (AvgIpc) is 2.99. The molecule has 0 aliphatic heterocycles. The Labute approximate surface area is 168 Å². The third-order valence-corrected chi connectivity index (χ3v) is 5.04. The number of rotatable bonds is 10. The molecule has 0 bridgehead atoms. The highest BCUT2D eigenvalue weighted by Crippen LogP contribution is 2.33. The Balaban J connectivity index is 2.42. The number of imide groups is 1. The number of amides is 2. The van der Waals surface area contributed by atoms with E-state index in [9.17, 15) is 19.5 Å². The summed E-state index contributed by atoms with van der Waals surface area (Å²) in [6.45, 7) is 5.08. The normalized spacial score (nSPS) is 21.5. The van der Waals surface area contributed by atoms with Crippen molar-refractivity contribution in [2.45, 2.75) is 71.8 Å². The van der Waals surface area contributed by atoms with E-state index < -0.39 is 6.10 Å². The van der Waals surface area contributed by atoms with Gasteiger partial charge < -0.3 is 5.11 Å². The van der Waals surface area contributed by atoms with E-state index in [1.807, 2.05) is 31.2 Å². The van der Waals surface area contributed by atoms with E-state index in [4.69, 9.17) is 0 Å². The van der Waals surface area contributed by atoms with E-state index in [0.29, 0.717) is 32.1 Å². The number of aliphatic hydroxyl groups is 1. The summed E-state index contributed by atoms with van der Waals surface area (Å²) in [6, 6.07) is 0. The Morgan fingerprint density at radius 1 is 1.36 bits per heavy atom. The van der Waals surface area contributed by atoms with E-state index in [-0.39, 0.29) is 35.4 Å². The van der Waals surface area contributed by atoms with Crippen molar-refractivity contribution in [1.29, 1.82) is 0 Å². The maximum Gasteiger partial charge on any atom is 0.226 e. The molecule has 0 aromatic carbocycles. The zero-order valence-electron chi connectivity index (χ0n) is 17.2. The number of carbonyl (C=O) groups excluding carboxylic acids is 3. The van der Waals surface area contributed by atoms with Gasteiger partial charge in [-0.3, -0.25) is 19.7 Å². The SMILES string of the molecule is CC#CCC(C)[C@H](O)C=C[C@H]1CCC(=O)[C@@H]1CC=CCCCC(=O)NC(C)=O. The quantitative estimate of drug-likeness (QED) is 0.342. The maximum atomic E-state index is 12.2. The highest BCUT2D eigenvalue weighted by Gasteiger charge is 2.32. The summed E-state index contributed by atoms with van der Waals surface area (Å²) in [6.07, 6.45) is 11.7. The van der Waals surface area contributed by atoms with E-state index in [1.54, 1.807) is 6.92 Å². The van der Waals surface area contributed by atoms with Crippen molar-refractivity contribution < 1.29 is 19.5 Å². The number of aliphatic hydroxyl groups excluding tert-OH is 1. The first-order chi connectivity index (χ1) is 13.3. The number of ketones is 1. The van der Waals surface area contributed by atoms with Gasteiger partial charge in [-0.05, 0) is 44.4 Å². The van der Waals surface area contributed by atoms with Crippen LogP contribution in [0.15, 0.2) is 24.3 Å². The van der Waals surface area contributed by atoms with Crippen molar-refractivity contribution in [3.63, 3.8) is 0 Å². The Morgan fingerprint density at radius 3 is 2.79 bits per heavy atom. The van der Waals surface area contributed by atoms with Crippen LogP contribution in [0.1, 0.15) is 65.7 Å². The summed E-state index contributed by atoms with van der Waals surface area (Å²) in [5.41, 5.74) is 0. The van der Waals surface area contributed by atoms with Crippen LogP contribution in [0, 0.1) is 29.6 Å². The molecule has 1 aliphatic rings. The van der Waals surface area contributed by atoms with Gasteiger partial charge in [0.05, 0.1) is 6.10 Å². The predicted octanol–water partition coefficient (Wildman–Crippen LogP) is 3.33. The van der Waals surface area contributed by atoms with Gasteiger partial charge in [0.15, 0.2) is 0 Å². The van der Waals surface area contributed by atoms with Gasteiger partial charge in [-0.1, -0.05) is 31.2 Å². The van der Waals surface area contributed by atoms with Gasteiger partial charge in [0.1, 0.15) is 5.78 Å². The molecule has 1 fully saturated rings. The molecule has 5 heteroatoms. The molecule has 0 aromatic heterocycles. The fraction of sp³-hybridized carbons (Fsp3) is 0.609. The van der Waals surface area contributed by atoms with Crippen molar-refractivity contribution >= 4 is 17.6 Å². The summed E-state index contributed by atoms with van der Waals surface area (Å²) < 4.78 is 0. The van der Waals surface area contributed by atoms with E-state index in [2.05, 4.69) is 17.2 Å². The first-order valence-corrected chi connectivity index (χ1v) is 10.1. The lowest BCUT2D eigenvalue weighted by atomic mass is 9.90. The number of hydrogen-bond donors (Lipinski definition) is 2. The van der Waals surface area contributed by atoms with Crippen molar-refractivity contribution in [3.8, 4) is 11.8 Å². The van der Waals surface area contributed by atoms with Crippen LogP contribution >= 0.6 is 0 Å². The lowest BCUT2D eigenvalue weighted by Crippen LogP contribution is -2.27. The third-order valence-electron chi connectivity index (χ3n) is 5.04. The minimum absolute atomic E-state index is 0.0357. The molecule has 154 valence electrons. The van der Waals surface area contributed by atoms with Gasteiger partial charge in [0.2, 0.25) is 11.8 Å². The molecule has 2 amide bonds. The molecule has 0 heterocycles. The number of allylic oxidation sites excluding steroid dienone is 3. The predicted molar refractivity (Wildman–Crippen MR) is 110 cm³/mol. The number of Topliss-reactive ketones (excluding diaryl/α,β-unsaturated/α-hetero) is 1. The zero-order valence-corrected chi connectivity index (χ0v) is 17.2. The maximum absolute atomic E-state index is 12.2. The summed E-state index contributed by atoms with van der Waals surface area (Å²) in [7, 11) is 0. The number of carbonyl (C=O) groups is 3. The Bertz CT molecular complexity index is 653. The van der Waals surface area contributed by atoms with Crippen LogP contribution in [-0.4, -0.2) is 28.8 Å². The molecule has 1 aliphatic carbocycles. The van der Waals surface area contributed by atoms with Gasteiger partial charge in [0, 0.05) is 32.1 Å². The van der Waals surface area contributed by atoms with Crippen LogP contribution in [0.3, 0.4) is 0 Å². The second-order valence-electron chi connectivity index (χ2n) is 7.46. The second kappa shape index (κ2) is 13.1. The molecule has 1 unspecified atom stereocenters. The fourth-order valence-corrected chi connectivity index (χ4v) is 3.30. The smallest absolute Gasteiger partial charge is 0.226 e. The molecule has 4 atom stereocenters. The van der Waals surface area contributed by atoms with E-state index in [0.717, 1.165) is 12.8 Å². The molecule has 0 aromatic rings. The number of unbranched alkanes of at least 4 members (excludes halogenated alkanes) is 1. The lowest BCUT2D eigenvalue weighted by Gasteiger charge is -2.16. The molecule has 0 radical (unpaired) electrons. The topological polar surface area (TPSA) is 83.5 Å². The third kappa shape index (κ3) is 9.14. The van der Waals surface area contributed by atoms with Crippen LogP contribution in [0.4, 0.5) is 0 Å². The number of nitrogens with one attached hydrogen (secondary N) is 1. The van der Waals surface area contributed by atoms with Gasteiger partial charge in [-0.2, -0.15) is 0 Å². The molecular formula is C23H33NO4. The Morgan fingerprint density at radius 2 is 2.11 bits per heavy atom. The van der Waals surface area contributed by atoms with Crippen molar-refractivity contribution in [2.24, 2.45) is 17.8 Å². The summed E-state index contributed by atoms with van der Waals surface area (Å²) in [4.78, 5) is 34.3. The molecule has 1 saturated carbocycles. The largest absolute Gasteiger partial charge is 0.389 e. The molecule has 0 spiro atoms. The molecule has 1 rings (SSSR count). The molecule has 2 N–H and O–H groups in total. The van der Waals surface area contributed by atoms with Crippen LogP contribution in [0.25, 0.3) is 0 Å². The van der Waals surface area contributed by atoms with Gasteiger partial charge in [-0.15, -0.1) is 11.8 Å². The highest BCUT2D eigenvalue weighted by molar-refractivity contribution is 5.93. The molecule has 5 nitrogen and oxygen atoms in total. The van der Waals surface area contributed by atoms with Gasteiger partial charge in [0.25, 0.3) is 0 Å². The summed E-state index contributed by atoms with van der Waals surface area (Å²) in [5, 5.41) is 12.5. The van der Waals surface area contributed by atoms with Crippen molar-refractivity contribution in [1.82, 2.24) is 5.32 Å². The van der Waals surface area contributed by atoms with Crippen LogP contribution in [0.5, 0.6) is 0 Å². The first kappa shape index (κ1) is 23.8. The lowest BCUT2D eigenvalue weighted by molar-refractivity contribution is -0.129. The van der Waals surface area contributed by atoms with Gasteiger partial charge >= 0.3 is 0 Å². The molecule has 0 saturated heterocycles. The Hall–Kier alpha value is -2.19. The van der Waals surface area contributed by atoms with Crippen molar-refractivity contribution in [2.75, 3.05) is 0 Å². The summed E-state index contributed by atoms with van der Waals surface area (Å²) in [5.74, 6) is 5.71. The average molecular weight is 388 g/mol. The monoisotopic (exact) mass is 387 g/mol. The highest BCUT2D eigenvalue weighted by atomic mass is 16.3. The fourth-order valence-electron chi connectivity index (χ4n) is 3.30. The zero-order chi connectivity index (χ0) is 20.9. The van der Waals surface area contributed by atoms with Crippen LogP contribution < -0.4 is 5.32 Å². The second-order valence-corrected chi connectivity index (χ2v) is 7.46. The van der Waals surface area contributed by atoms with Crippen molar-refractivity contribution in [3.05, 3.63) is 24.3 Å². The standard InChI is InChI=1S/C23H33NO4/c1-4-5-10-17(2)21(26)15-13-19-14-16-22(27)20(19)11-8-6-7-9-12-23(28)24-18(3)25/h6,8,13,15,17,19-21,26H,7,9-12,14,16H2,1-3H3,(H,24,25,28)/t17?,19-,20+,21+/m0/s1. The molecular weight excluding hydrogens is 354 g/mol.